The summed E-state index contributed by atoms with van der Waals surface area (Å²) in [4.78, 5) is 4.78. The number of nitrogens with one attached hydrogen (secondary N) is 2. The van der Waals surface area contributed by atoms with Gasteiger partial charge < -0.3 is 10.6 Å². The lowest BCUT2D eigenvalue weighted by Crippen LogP contribution is -2.43. The van der Waals surface area contributed by atoms with Gasteiger partial charge in [0.1, 0.15) is 0 Å². The van der Waals surface area contributed by atoms with Gasteiger partial charge in [-0.1, -0.05) is 18.2 Å². The molecule has 2 rings (SSSR count). The highest BCUT2D eigenvalue weighted by Gasteiger charge is 2.17. The van der Waals surface area contributed by atoms with Gasteiger partial charge in [-0.3, -0.25) is 0 Å². The zero-order valence-electron chi connectivity index (χ0n) is 16.8. The Bertz CT molecular complexity index is 734. The summed E-state index contributed by atoms with van der Waals surface area (Å²) < 4.78 is 2.16. The summed E-state index contributed by atoms with van der Waals surface area (Å²) in [7, 11) is 0. The van der Waals surface area contributed by atoms with Gasteiger partial charge in [0.25, 0.3) is 0 Å². The molecule has 0 saturated carbocycles. The Kier molecular flexibility index (Phi) is 7.14. The van der Waals surface area contributed by atoms with E-state index in [-0.39, 0.29) is 4.75 Å². The first kappa shape index (κ1) is 20.4. The van der Waals surface area contributed by atoms with E-state index in [1.807, 2.05) is 34.6 Å². The predicted octanol–water partition coefficient (Wildman–Crippen LogP) is 3.69. The van der Waals surface area contributed by atoms with Gasteiger partial charge in [0.15, 0.2) is 5.96 Å². The molecule has 0 aliphatic heterocycles. The maximum atomic E-state index is 4.78. The van der Waals surface area contributed by atoms with Crippen LogP contribution in [-0.4, -0.2) is 39.8 Å². The molecular formula is C20H31N5S. The molecule has 0 atom stereocenters. The first-order valence-corrected chi connectivity index (χ1v) is 10.3. The van der Waals surface area contributed by atoms with Crippen molar-refractivity contribution in [3.63, 3.8) is 0 Å². The highest BCUT2D eigenvalue weighted by molar-refractivity contribution is 7.99. The van der Waals surface area contributed by atoms with Gasteiger partial charge in [0.05, 0.1) is 17.9 Å². The predicted molar refractivity (Wildman–Crippen MR) is 113 cm³/mol. The fraction of sp³-hybridized carbons (Fsp3) is 0.500. The number of thioether (sulfide) groups is 1. The molecule has 5 nitrogen and oxygen atoms in total. The highest BCUT2D eigenvalue weighted by Crippen LogP contribution is 2.20. The summed E-state index contributed by atoms with van der Waals surface area (Å²) in [6, 6.07) is 10.2. The van der Waals surface area contributed by atoms with E-state index in [1.54, 1.807) is 0 Å². The van der Waals surface area contributed by atoms with Gasteiger partial charge in [-0.05, 0) is 53.0 Å². The van der Waals surface area contributed by atoms with Crippen LogP contribution < -0.4 is 10.6 Å². The number of aliphatic imine (C=N–C) groups is 1. The van der Waals surface area contributed by atoms with E-state index in [0.29, 0.717) is 6.54 Å². The van der Waals surface area contributed by atoms with Crippen molar-refractivity contribution in [1.82, 2.24) is 20.4 Å². The van der Waals surface area contributed by atoms with Crippen LogP contribution in [-0.2, 0) is 6.54 Å². The van der Waals surface area contributed by atoms with E-state index < -0.39 is 0 Å². The lowest BCUT2D eigenvalue weighted by Gasteiger charge is -2.23. The van der Waals surface area contributed by atoms with Crippen molar-refractivity contribution in [2.24, 2.45) is 4.99 Å². The van der Waals surface area contributed by atoms with Gasteiger partial charge in [0, 0.05) is 29.1 Å². The SMILES string of the molecule is CCNC(=NCc1c(C)nn(-c2ccccc2)c1C)NCC(C)(C)SC. The second kappa shape index (κ2) is 9.12. The summed E-state index contributed by atoms with van der Waals surface area (Å²) in [5.41, 5.74) is 4.42. The molecule has 0 unspecified atom stereocenters. The maximum Gasteiger partial charge on any atom is 0.191 e. The van der Waals surface area contributed by atoms with Crippen molar-refractivity contribution >= 4 is 17.7 Å². The summed E-state index contributed by atoms with van der Waals surface area (Å²) in [6.45, 7) is 13.0. The second-order valence-corrected chi connectivity index (χ2v) is 8.42. The molecular weight excluding hydrogens is 342 g/mol. The van der Waals surface area contributed by atoms with E-state index >= 15 is 0 Å². The molecule has 0 amide bonds. The Morgan fingerprint density at radius 2 is 1.88 bits per heavy atom. The monoisotopic (exact) mass is 373 g/mol. The second-order valence-electron chi connectivity index (χ2n) is 6.91. The van der Waals surface area contributed by atoms with Crippen molar-refractivity contribution in [2.45, 2.75) is 45.9 Å². The van der Waals surface area contributed by atoms with Gasteiger partial charge in [-0.2, -0.15) is 16.9 Å². The zero-order chi connectivity index (χ0) is 19.2. The van der Waals surface area contributed by atoms with Crippen LogP contribution in [0.5, 0.6) is 0 Å². The molecule has 0 radical (unpaired) electrons. The smallest absolute Gasteiger partial charge is 0.191 e. The molecule has 26 heavy (non-hydrogen) atoms. The summed E-state index contributed by atoms with van der Waals surface area (Å²) in [5, 5.41) is 11.5. The van der Waals surface area contributed by atoms with Gasteiger partial charge >= 0.3 is 0 Å². The summed E-state index contributed by atoms with van der Waals surface area (Å²) >= 11 is 1.85. The van der Waals surface area contributed by atoms with Crippen molar-refractivity contribution in [1.29, 1.82) is 0 Å². The first-order chi connectivity index (χ1) is 12.4. The standard InChI is InChI=1S/C20H31N5S/c1-7-21-19(23-14-20(4,5)26-6)22-13-18-15(2)24-25(16(18)3)17-11-9-8-10-12-17/h8-12H,7,13-14H2,1-6H3,(H2,21,22,23). The quantitative estimate of drug-likeness (QED) is 0.574. The molecule has 1 aromatic heterocycles. The van der Waals surface area contributed by atoms with Crippen LogP contribution in [0.15, 0.2) is 35.3 Å². The van der Waals surface area contributed by atoms with Crippen LogP contribution in [0.2, 0.25) is 0 Å². The molecule has 0 saturated heterocycles. The molecule has 1 aromatic carbocycles. The fourth-order valence-corrected chi connectivity index (χ4v) is 2.81. The molecule has 0 spiro atoms. The number of aryl methyl sites for hydroxylation is 1. The van der Waals surface area contributed by atoms with E-state index in [4.69, 9.17) is 10.1 Å². The molecule has 0 bridgehead atoms. The van der Waals surface area contributed by atoms with Gasteiger partial charge in [0.2, 0.25) is 0 Å². The minimum Gasteiger partial charge on any atom is -0.357 e. The van der Waals surface area contributed by atoms with Crippen LogP contribution in [0.4, 0.5) is 0 Å². The number of aromatic nitrogens is 2. The number of guanidine groups is 1. The van der Waals surface area contributed by atoms with Crippen LogP contribution in [0, 0.1) is 13.8 Å². The molecule has 2 N–H and O–H groups in total. The van der Waals surface area contributed by atoms with E-state index in [2.05, 4.69) is 63.6 Å². The number of nitrogens with zero attached hydrogens (tertiary/aromatic N) is 3. The Hall–Kier alpha value is -1.95. The Balaban J connectivity index is 2.17. The molecule has 142 valence electrons. The molecule has 6 heteroatoms. The Labute approximate surface area is 161 Å². The largest absolute Gasteiger partial charge is 0.357 e. The fourth-order valence-electron chi connectivity index (χ4n) is 2.59. The Morgan fingerprint density at radius 3 is 2.50 bits per heavy atom. The highest BCUT2D eigenvalue weighted by atomic mass is 32.2. The number of hydrogen-bond donors (Lipinski definition) is 2. The number of para-hydroxylation sites is 1. The van der Waals surface area contributed by atoms with Crippen LogP contribution in [0.1, 0.15) is 37.7 Å². The van der Waals surface area contributed by atoms with E-state index in [0.717, 1.165) is 36.1 Å². The van der Waals surface area contributed by atoms with Crippen LogP contribution >= 0.6 is 11.8 Å². The Morgan fingerprint density at radius 1 is 1.19 bits per heavy atom. The molecule has 1 heterocycles. The van der Waals surface area contributed by atoms with Gasteiger partial charge in [-0.15, -0.1) is 0 Å². The van der Waals surface area contributed by atoms with E-state index in [9.17, 15) is 0 Å². The third kappa shape index (κ3) is 5.27. The lowest BCUT2D eigenvalue weighted by atomic mass is 10.2. The average Bonchev–Trinajstić information content (AvgIpc) is 2.92. The van der Waals surface area contributed by atoms with Crippen molar-refractivity contribution < 1.29 is 0 Å². The first-order valence-electron chi connectivity index (χ1n) is 9.06. The third-order valence-electron chi connectivity index (χ3n) is 4.42. The molecule has 0 aliphatic carbocycles. The van der Waals surface area contributed by atoms with Gasteiger partial charge in [-0.25, -0.2) is 9.67 Å². The normalized spacial score (nSPS) is 12.3. The van der Waals surface area contributed by atoms with Crippen molar-refractivity contribution in [2.75, 3.05) is 19.3 Å². The third-order valence-corrected chi connectivity index (χ3v) is 5.67. The minimum atomic E-state index is 0.167. The molecule has 2 aromatic rings. The molecule has 0 fully saturated rings. The lowest BCUT2D eigenvalue weighted by molar-refractivity contribution is 0.664. The van der Waals surface area contributed by atoms with Crippen molar-refractivity contribution in [3.8, 4) is 5.69 Å². The maximum absolute atomic E-state index is 4.78. The van der Waals surface area contributed by atoms with Crippen molar-refractivity contribution in [3.05, 3.63) is 47.3 Å². The number of rotatable bonds is 7. The zero-order valence-corrected chi connectivity index (χ0v) is 17.6. The average molecular weight is 374 g/mol. The minimum absolute atomic E-state index is 0.167. The topological polar surface area (TPSA) is 54.2 Å². The van der Waals surface area contributed by atoms with E-state index in [1.165, 1.54) is 5.56 Å². The molecule has 0 aliphatic rings. The summed E-state index contributed by atoms with van der Waals surface area (Å²) in [6.07, 6.45) is 2.14. The number of hydrogen-bond acceptors (Lipinski definition) is 3. The van der Waals surface area contributed by atoms with Crippen LogP contribution in [0.25, 0.3) is 5.69 Å². The summed E-state index contributed by atoms with van der Waals surface area (Å²) in [5.74, 6) is 0.848. The van der Waals surface area contributed by atoms with Crippen LogP contribution in [0.3, 0.4) is 0 Å². The number of benzene rings is 1.